The fourth-order valence-corrected chi connectivity index (χ4v) is 4.48. The molecule has 4 aromatic rings. The summed E-state index contributed by atoms with van der Waals surface area (Å²) in [5, 5.41) is 8.13. The lowest BCUT2D eigenvalue weighted by Gasteiger charge is -2.27. The third-order valence-electron chi connectivity index (χ3n) is 5.86. The fourth-order valence-electron chi connectivity index (χ4n) is 4.35. The minimum Gasteiger partial charge on any atom is -0.493 e. The Balaban J connectivity index is 1.65. The third kappa shape index (κ3) is 3.88. The number of ether oxygens (including phenoxy) is 2. The SMILES string of the molecule is CCOc1ccc(C2c3c(-c4ccc(Cl)cc4)n[nH]c3C(=O)N2Cc2cccnc2)cc1OC. The van der Waals surface area contributed by atoms with E-state index in [0.29, 0.717) is 41.1 Å². The molecule has 0 fully saturated rings. The second kappa shape index (κ2) is 9.19. The number of rotatable bonds is 7. The highest BCUT2D eigenvalue weighted by Gasteiger charge is 2.42. The number of carbonyl (C=O) groups is 1. The molecular weight excluding hydrogens is 452 g/mol. The third-order valence-corrected chi connectivity index (χ3v) is 6.11. The summed E-state index contributed by atoms with van der Waals surface area (Å²) in [6.45, 7) is 2.85. The van der Waals surface area contributed by atoms with Crippen LogP contribution in [0, 0.1) is 0 Å². The molecule has 1 amide bonds. The van der Waals surface area contributed by atoms with E-state index in [1.165, 1.54) is 0 Å². The molecule has 0 radical (unpaired) electrons. The predicted molar refractivity (Wildman–Crippen MR) is 129 cm³/mol. The first-order valence-electron chi connectivity index (χ1n) is 11.0. The highest BCUT2D eigenvalue weighted by atomic mass is 35.5. The summed E-state index contributed by atoms with van der Waals surface area (Å²) >= 11 is 6.10. The normalized spacial score (nSPS) is 14.9. The molecule has 34 heavy (non-hydrogen) atoms. The van der Waals surface area contributed by atoms with Crippen LogP contribution in [0.1, 0.15) is 40.1 Å². The minimum absolute atomic E-state index is 0.121. The van der Waals surface area contributed by atoms with E-state index < -0.39 is 0 Å². The Morgan fingerprint density at radius 1 is 1.12 bits per heavy atom. The maximum absolute atomic E-state index is 13.6. The summed E-state index contributed by atoms with van der Waals surface area (Å²) in [6.07, 6.45) is 3.49. The maximum atomic E-state index is 13.6. The van der Waals surface area contributed by atoms with Gasteiger partial charge in [-0.1, -0.05) is 35.9 Å². The smallest absolute Gasteiger partial charge is 0.273 e. The van der Waals surface area contributed by atoms with Crippen LogP contribution in [-0.4, -0.2) is 39.7 Å². The summed E-state index contributed by atoms with van der Waals surface area (Å²) < 4.78 is 11.3. The number of halogens is 1. The lowest BCUT2D eigenvalue weighted by molar-refractivity contribution is 0.0729. The van der Waals surface area contributed by atoms with Crippen LogP contribution < -0.4 is 9.47 Å². The Labute approximate surface area is 202 Å². The summed E-state index contributed by atoms with van der Waals surface area (Å²) in [4.78, 5) is 19.6. The van der Waals surface area contributed by atoms with Crippen LogP contribution >= 0.6 is 11.6 Å². The number of amides is 1. The van der Waals surface area contributed by atoms with Crippen molar-refractivity contribution < 1.29 is 14.3 Å². The first-order valence-corrected chi connectivity index (χ1v) is 11.3. The molecule has 0 saturated heterocycles. The summed E-state index contributed by atoms with van der Waals surface area (Å²) in [5.41, 5.74) is 4.72. The van der Waals surface area contributed by atoms with Gasteiger partial charge in [-0.2, -0.15) is 5.10 Å². The Morgan fingerprint density at radius 2 is 1.94 bits per heavy atom. The maximum Gasteiger partial charge on any atom is 0.273 e. The molecule has 2 aromatic heterocycles. The lowest BCUT2D eigenvalue weighted by Crippen LogP contribution is -2.29. The van der Waals surface area contributed by atoms with Crippen LogP contribution in [0.15, 0.2) is 67.0 Å². The van der Waals surface area contributed by atoms with Gasteiger partial charge in [-0.15, -0.1) is 0 Å². The van der Waals surface area contributed by atoms with Crippen LogP contribution in [-0.2, 0) is 6.54 Å². The van der Waals surface area contributed by atoms with E-state index in [2.05, 4.69) is 15.2 Å². The van der Waals surface area contributed by atoms with E-state index in [4.69, 9.17) is 21.1 Å². The van der Waals surface area contributed by atoms with Gasteiger partial charge in [0.05, 0.1) is 25.5 Å². The highest BCUT2D eigenvalue weighted by molar-refractivity contribution is 6.30. The van der Waals surface area contributed by atoms with Gasteiger partial charge in [0.15, 0.2) is 11.5 Å². The van der Waals surface area contributed by atoms with Crippen molar-refractivity contribution in [3.05, 3.63) is 94.4 Å². The second-order valence-corrected chi connectivity index (χ2v) is 8.34. The van der Waals surface area contributed by atoms with E-state index in [1.807, 2.05) is 66.4 Å². The van der Waals surface area contributed by atoms with Crippen molar-refractivity contribution in [1.29, 1.82) is 0 Å². The topological polar surface area (TPSA) is 80.3 Å². The number of nitrogens with one attached hydrogen (secondary N) is 1. The van der Waals surface area contributed by atoms with Gasteiger partial charge < -0.3 is 14.4 Å². The van der Waals surface area contributed by atoms with Crippen LogP contribution in [0.5, 0.6) is 11.5 Å². The highest BCUT2D eigenvalue weighted by Crippen LogP contribution is 2.45. The van der Waals surface area contributed by atoms with Gasteiger partial charge in [-0.05, 0) is 48.4 Å². The van der Waals surface area contributed by atoms with Gasteiger partial charge in [0, 0.05) is 35.1 Å². The number of H-pyrrole nitrogens is 1. The lowest BCUT2D eigenvalue weighted by atomic mass is 9.95. The number of nitrogens with zero attached hydrogens (tertiary/aromatic N) is 3. The zero-order chi connectivity index (χ0) is 23.7. The molecule has 1 unspecified atom stereocenters. The van der Waals surface area contributed by atoms with Crippen molar-refractivity contribution >= 4 is 17.5 Å². The first-order chi connectivity index (χ1) is 16.6. The first kappa shape index (κ1) is 22.0. The number of hydrogen-bond donors (Lipinski definition) is 1. The quantitative estimate of drug-likeness (QED) is 0.394. The van der Waals surface area contributed by atoms with Crippen molar-refractivity contribution in [3.63, 3.8) is 0 Å². The van der Waals surface area contributed by atoms with Crippen LogP contribution in [0.2, 0.25) is 5.02 Å². The average Bonchev–Trinajstić information content (AvgIpc) is 3.40. The molecule has 1 aliphatic heterocycles. The zero-order valence-electron chi connectivity index (χ0n) is 18.8. The fraction of sp³-hybridized carbons (Fsp3) is 0.192. The zero-order valence-corrected chi connectivity index (χ0v) is 19.5. The van der Waals surface area contributed by atoms with E-state index in [9.17, 15) is 4.79 Å². The summed E-state index contributed by atoms with van der Waals surface area (Å²) in [6, 6.07) is 16.7. The van der Waals surface area contributed by atoms with Crippen LogP contribution in [0.25, 0.3) is 11.3 Å². The van der Waals surface area contributed by atoms with Crippen molar-refractivity contribution in [2.24, 2.45) is 0 Å². The molecule has 1 N–H and O–H groups in total. The predicted octanol–water partition coefficient (Wildman–Crippen LogP) is 5.28. The second-order valence-electron chi connectivity index (χ2n) is 7.91. The number of pyridine rings is 1. The van der Waals surface area contributed by atoms with E-state index in [1.54, 1.807) is 19.5 Å². The molecule has 0 saturated carbocycles. The summed E-state index contributed by atoms with van der Waals surface area (Å²) in [5.74, 6) is 1.14. The van der Waals surface area contributed by atoms with Crippen LogP contribution in [0.4, 0.5) is 0 Å². The molecule has 0 aliphatic carbocycles. The minimum atomic E-state index is -0.378. The molecule has 3 heterocycles. The Kier molecular flexibility index (Phi) is 5.94. The Bertz CT molecular complexity index is 1320. The van der Waals surface area contributed by atoms with Crippen molar-refractivity contribution in [2.75, 3.05) is 13.7 Å². The number of benzene rings is 2. The molecule has 172 valence electrons. The van der Waals surface area contributed by atoms with Gasteiger partial charge in [0.2, 0.25) is 0 Å². The standard InChI is InChI=1S/C26H23ClN4O3/c1-3-34-20-11-8-18(13-21(20)33-2)25-22-23(17-6-9-19(27)10-7-17)29-30-24(22)26(32)31(25)15-16-5-4-12-28-14-16/h4-14,25H,3,15H2,1-2H3,(H,29,30). The molecule has 7 nitrogen and oxygen atoms in total. The molecule has 1 aliphatic rings. The van der Waals surface area contributed by atoms with E-state index in [0.717, 1.165) is 22.3 Å². The molecule has 0 spiro atoms. The van der Waals surface area contributed by atoms with Crippen molar-refractivity contribution in [3.8, 4) is 22.8 Å². The molecule has 1 atom stereocenters. The van der Waals surface area contributed by atoms with E-state index in [-0.39, 0.29) is 11.9 Å². The molecular formula is C26H23ClN4O3. The van der Waals surface area contributed by atoms with E-state index >= 15 is 0 Å². The largest absolute Gasteiger partial charge is 0.493 e. The Morgan fingerprint density at radius 3 is 2.65 bits per heavy atom. The molecule has 2 aromatic carbocycles. The van der Waals surface area contributed by atoms with Crippen molar-refractivity contribution in [2.45, 2.75) is 19.5 Å². The van der Waals surface area contributed by atoms with Gasteiger partial charge in [-0.3, -0.25) is 14.9 Å². The van der Waals surface area contributed by atoms with Gasteiger partial charge in [0.25, 0.3) is 5.91 Å². The average molecular weight is 475 g/mol. The summed E-state index contributed by atoms with van der Waals surface area (Å²) in [7, 11) is 1.61. The number of aromatic nitrogens is 3. The van der Waals surface area contributed by atoms with Gasteiger partial charge >= 0.3 is 0 Å². The number of aromatic amines is 1. The van der Waals surface area contributed by atoms with Crippen LogP contribution in [0.3, 0.4) is 0 Å². The molecule has 8 heteroatoms. The molecule has 5 rings (SSSR count). The van der Waals surface area contributed by atoms with Gasteiger partial charge in [0.1, 0.15) is 5.69 Å². The Hall–Kier alpha value is -3.84. The van der Waals surface area contributed by atoms with Gasteiger partial charge in [-0.25, -0.2) is 0 Å². The number of hydrogen-bond acceptors (Lipinski definition) is 5. The monoisotopic (exact) mass is 474 g/mol. The number of methoxy groups -OCH3 is 1. The number of carbonyl (C=O) groups excluding carboxylic acids is 1. The molecule has 0 bridgehead atoms. The number of fused-ring (bicyclic) bond motifs is 1. The van der Waals surface area contributed by atoms with Crippen molar-refractivity contribution in [1.82, 2.24) is 20.1 Å².